The van der Waals surface area contributed by atoms with E-state index in [0.717, 1.165) is 18.5 Å². The molecule has 2 aromatic carbocycles. The Morgan fingerprint density at radius 3 is 2.41 bits per heavy atom. The standard InChI is InChI=1S/C22H25N5O2/c1-14-8-9-17(12-15(14)2)24-22-21(23-16-6-4-3-5-7-16)26-20-13-18(27(28)29)10-11-19(20)25-22/h8-13,16H,3-7H2,1-2H3,(H,23,26)(H,24,25). The van der Waals surface area contributed by atoms with Gasteiger partial charge in [-0.3, -0.25) is 10.1 Å². The third-order valence-electron chi connectivity index (χ3n) is 5.57. The van der Waals surface area contributed by atoms with Crippen LogP contribution in [0.3, 0.4) is 0 Å². The fraction of sp³-hybridized carbons (Fsp3) is 0.364. The summed E-state index contributed by atoms with van der Waals surface area (Å²) in [5, 5.41) is 18.1. The number of rotatable bonds is 5. The van der Waals surface area contributed by atoms with E-state index in [4.69, 9.17) is 9.97 Å². The van der Waals surface area contributed by atoms with Crippen LogP contribution < -0.4 is 10.6 Å². The average molecular weight is 391 g/mol. The second kappa shape index (κ2) is 8.03. The molecule has 3 aromatic rings. The van der Waals surface area contributed by atoms with Crippen molar-refractivity contribution in [3.05, 3.63) is 57.6 Å². The minimum atomic E-state index is -0.406. The van der Waals surface area contributed by atoms with Crippen LogP contribution >= 0.6 is 0 Å². The van der Waals surface area contributed by atoms with Gasteiger partial charge in [-0.25, -0.2) is 9.97 Å². The van der Waals surface area contributed by atoms with Gasteiger partial charge in [0.1, 0.15) is 0 Å². The fourth-order valence-electron chi connectivity index (χ4n) is 3.74. The maximum atomic E-state index is 11.1. The summed E-state index contributed by atoms with van der Waals surface area (Å²) < 4.78 is 0. The van der Waals surface area contributed by atoms with E-state index in [9.17, 15) is 10.1 Å². The predicted molar refractivity (Wildman–Crippen MR) is 116 cm³/mol. The SMILES string of the molecule is Cc1ccc(Nc2nc3ccc([N+](=O)[O-])cc3nc2NC2CCCCC2)cc1C. The summed E-state index contributed by atoms with van der Waals surface area (Å²) in [6.07, 6.45) is 5.85. The first-order valence-corrected chi connectivity index (χ1v) is 10.1. The van der Waals surface area contributed by atoms with Gasteiger partial charge in [0.15, 0.2) is 11.6 Å². The third kappa shape index (κ3) is 4.29. The van der Waals surface area contributed by atoms with Crippen LogP contribution in [0.15, 0.2) is 36.4 Å². The van der Waals surface area contributed by atoms with E-state index in [-0.39, 0.29) is 5.69 Å². The van der Waals surface area contributed by atoms with Crippen LogP contribution in [0.2, 0.25) is 0 Å². The van der Waals surface area contributed by atoms with E-state index in [1.807, 2.05) is 6.07 Å². The number of nitrogens with one attached hydrogen (secondary N) is 2. The van der Waals surface area contributed by atoms with Crippen LogP contribution in [-0.2, 0) is 0 Å². The predicted octanol–water partition coefficient (Wildman–Crippen LogP) is 5.64. The average Bonchev–Trinajstić information content (AvgIpc) is 2.71. The molecule has 0 radical (unpaired) electrons. The zero-order valence-electron chi connectivity index (χ0n) is 16.7. The van der Waals surface area contributed by atoms with Crippen molar-refractivity contribution in [1.82, 2.24) is 9.97 Å². The first-order chi connectivity index (χ1) is 14.0. The Hall–Kier alpha value is -3.22. The highest BCUT2D eigenvalue weighted by atomic mass is 16.6. The van der Waals surface area contributed by atoms with E-state index >= 15 is 0 Å². The first-order valence-electron chi connectivity index (χ1n) is 10.1. The number of hydrogen-bond donors (Lipinski definition) is 2. The minimum Gasteiger partial charge on any atom is -0.364 e. The Kier molecular flexibility index (Phi) is 5.29. The van der Waals surface area contributed by atoms with E-state index in [2.05, 4.69) is 36.6 Å². The minimum absolute atomic E-state index is 0.0188. The summed E-state index contributed by atoms with van der Waals surface area (Å²) in [6, 6.07) is 11.1. The molecule has 1 aliphatic carbocycles. The van der Waals surface area contributed by atoms with Gasteiger partial charge in [0.2, 0.25) is 0 Å². The van der Waals surface area contributed by atoms with Crippen molar-refractivity contribution >= 4 is 34.0 Å². The number of hydrogen-bond acceptors (Lipinski definition) is 6. The summed E-state index contributed by atoms with van der Waals surface area (Å²) >= 11 is 0. The highest BCUT2D eigenvalue weighted by Crippen LogP contribution is 2.30. The molecule has 0 amide bonds. The number of aromatic nitrogens is 2. The van der Waals surface area contributed by atoms with Crippen LogP contribution in [0.5, 0.6) is 0 Å². The smallest absolute Gasteiger partial charge is 0.271 e. The Labute approximate surface area is 169 Å². The number of nitro groups is 1. The highest BCUT2D eigenvalue weighted by Gasteiger charge is 2.18. The molecule has 2 N–H and O–H groups in total. The summed E-state index contributed by atoms with van der Waals surface area (Å²) in [7, 11) is 0. The maximum Gasteiger partial charge on any atom is 0.271 e. The molecule has 150 valence electrons. The van der Waals surface area contributed by atoms with Crippen molar-refractivity contribution in [1.29, 1.82) is 0 Å². The van der Waals surface area contributed by atoms with Crippen molar-refractivity contribution in [2.24, 2.45) is 0 Å². The molecule has 0 unspecified atom stereocenters. The number of nitrogens with zero attached hydrogens (tertiary/aromatic N) is 3. The van der Waals surface area contributed by atoms with Gasteiger partial charge in [0, 0.05) is 23.9 Å². The Morgan fingerprint density at radius 2 is 1.69 bits per heavy atom. The molecular formula is C22H25N5O2. The molecule has 1 aromatic heterocycles. The molecule has 29 heavy (non-hydrogen) atoms. The molecule has 4 rings (SSSR count). The second-order valence-corrected chi connectivity index (χ2v) is 7.75. The van der Waals surface area contributed by atoms with Gasteiger partial charge in [-0.1, -0.05) is 25.3 Å². The lowest BCUT2D eigenvalue weighted by atomic mass is 9.95. The molecular weight excluding hydrogens is 366 g/mol. The zero-order chi connectivity index (χ0) is 20.4. The van der Waals surface area contributed by atoms with E-state index in [0.29, 0.717) is 28.7 Å². The molecule has 0 spiro atoms. The van der Waals surface area contributed by atoms with E-state index in [1.165, 1.54) is 42.5 Å². The highest BCUT2D eigenvalue weighted by molar-refractivity contribution is 5.83. The van der Waals surface area contributed by atoms with Crippen LogP contribution in [0.25, 0.3) is 11.0 Å². The van der Waals surface area contributed by atoms with Gasteiger partial charge < -0.3 is 10.6 Å². The van der Waals surface area contributed by atoms with Crippen LogP contribution in [0.1, 0.15) is 43.2 Å². The van der Waals surface area contributed by atoms with Crippen molar-refractivity contribution in [3.63, 3.8) is 0 Å². The monoisotopic (exact) mass is 391 g/mol. The number of nitro benzene ring substituents is 1. The van der Waals surface area contributed by atoms with Crippen molar-refractivity contribution in [3.8, 4) is 0 Å². The summed E-state index contributed by atoms with van der Waals surface area (Å²) in [4.78, 5) is 20.2. The molecule has 1 saturated carbocycles. The quantitative estimate of drug-likeness (QED) is 0.432. The molecule has 7 heteroatoms. The van der Waals surface area contributed by atoms with Gasteiger partial charge in [-0.05, 0) is 56.0 Å². The fourth-order valence-corrected chi connectivity index (χ4v) is 3.74. The maximum absolute atomic E-state index is 11.1. The molecule has 0 aliphatic heterocycles. The summed E-state index contributed by atoms with van der Waals surface area (Å²) in [5.74, 6) is 1.28. The second-order valence-electron chi connectivity index (χ2n) is 7.75. The molecule has 0 bridgehead atoms. The number of fused-ring (bicyclic) bond motifs is 1. The Balaban J connectivity index is 1.74. The Morgan fingerprint density at radius 1 is 0.931 bits per heavy atom. The molecule has 1 aliphatic rings. The lowest BCUT2D eigenvalue weighted by Crippen LogP contribution is -2.23. The lowest BCUT2D eigenvalue weighted by Gasteiger charge is -2.24. The van der Waals surface area contributed by atoms with Gasteiger partial charge in [-0.15, -0.1) is 0 Å². The van der Waals surface area contributed by atoms with Crippen molar-refractivity contribution in [2.45, 2.75) is 52.0 Å². The van der Waals surface area contributed by atoms with Crippen molar-refractivity contribution in [2.75, 3.05) is 10.6 Å². The molecule has 0 saturated heterocycles. The molecule has 1 heterocycles. The summed E-state index contributed by atoms with van der Waals surface area (Å²) in [5.41, 5.74) is 4.52. The number of anilines is 3. The first kappa shape index (κ1) is 19.1. The number of aryl methyl sites for hydroxylation is 2. The Bertz CT molecular complexity index is 1060. The lowest BCUT2D eigenvalue weighted by molar-refractivity contribution is -0.384. The molecule has 1 fully saturated rings. The van der Waals surface area contributed by atoms with E-state index < -0.39 is 4.92 Å². The van der Waals surface area contributed by atoms with Gasteiger partial charge in [0.05, 0.1) is 16.0 Å². The normalized spacial score (nSPS) is 14.7. The summed E-state index contributed by atoms with van der Waals surface area (Å²) in [6.45, 7) is 4.16. The van der Waals surface area contributed by atoms with Crippen LogP contribution in [0.4, 0.5) is 23.0 Å². The molecule has 0 atom stereocenters. The van der Waals surface area contributed by atoms with Gasteiger partial charge in [-0.2, -0.15) is 0 Å². The van der Waals surface area contributed by atoms with Gasteiger partial charge in [0.25, 0.3) is 5.69 Å². The largest absolute Gasteiger partial charge is 0.364 e. The number of non-ortho nitro benzene ring substituents is 1. The van der Waals surface area contributed by atoms with Crippen molar-refractivity contribution < 1.29 is 4.92 Å². The topological polar surface area (TPSA) is 93.0 Å². The van der Waals surface area contributed by atoms with E-state index in [1.54, 1.807) is 6.07 Å². The number of benzene rings is 2. The van der Waals surface area contributed by atoms with Crippen LogP contribution in [0, 0.1) is 24.0 Å². The third-order valence-corrected chi connectivity index (χ3v) is 5.57. The van der Waals surface area contributed by atoms with Crippen LogP contribution in [-0.4, -0.2) is 20.9 Å². The molecule has 7 nitrogen and oxygen atoms in total. The van der Waals surface area contributed by atoms with Gasteiger partial charge >= 0.3 is 0 Å². The zero-order valence-corrected chi connectivity index (χ0v) is 16.7.